The van der Waals surface area contributed by atoms with E-state index in [2.05, 4.69) is 26.0 Å². The molecule has 0 spiro atoms. The molecule has 104 valence electrons. The van der Waals surface area contributed by atoms with Gasteiger partial charge in [0.05, 0.1) is 5.92 Å². The van der Waals surface area contributed by atoms with Gasteiger partial charge in [-0.3, -0.25) is 4.79 Å². The van der Waals surface area contributed by atoms with Gasteiger partial charge in [-0.25, -0.2) is 0 Å². The van der Waals surface area contributed by atoms with E-state index in [0.717, 1.165) is 18.8 Å². The smallest absolute Gasteiger partial charge is 0.307 e. The number of carbonyl (C=O) groups is 1. The minimum absolute atomic E-state index is 0.214. The molecule has 19 heavy (non-hydrogen) atoms. The molecule has 2 rings (SSSR count). The number of carboxylic acid groups (broad SMARTS) is 1. The van der Waals surface area contributed by atoms with Crippen molar-refractivity contribution in [2.24, 2.45) is 17.8 Å². The first-order chi connectivity index (χ1) is 9.08. The van der Waals surface area contributed by atoms with Gasteiger partial charge in [0.1, 0.15) is 0 Å². The summed E-state index contributed by atoms with van der Waals surface area (Å²) in [4.78, 5) is 11.6. The summed E-state index contributed by atoms with van der Waals surface area (Å²) in [6.07, 6.45) is 5.19. The number of carboxylic acids is 1. The van der Waals surface area contributed by atoms with Crippen molar-refractivity contribution in [3.8, 4) is 0 Å². The van der Waals surface area contributed by atoms with E-state index in [1.807, 2.05) is 12.1 Å². The van der Waals surface area contributed by atoms with Crippen molar-refractivity contribution in [2.45, 2.75) is 46.0 Å². The van der Waals surface area contributed by atoms with Crippen LogP contribution in [-0.2, 0) is 11.2 Å². The number of hydrogen-bond acceptors (Lipinski definition) is 1. The third-order valence-corrected chi connectivity index (χ3v) is 4.65. The molecule has 1 aliphatic rings. The van der Waals surface area contributed by atoms with Gasteiger partial charge in [0, 0.05) is 0 Å². The molecule has 0 amide bonds. The average molecular weight is 260 g/mol. The molecule has 0 heterocycles. The van der Waals surface area contributed by atoms with E-state index >= 15 is 0 Å². The van der Waals surface area contributed by atoms with Crippen molar-refractivity contribution in [3.63, 3.8) is 0 Å². The second-order valence-corrected chi connectivity index (χ2v) is 6.10. The average Bonchev–Trinajstić information content (AvgIpc) is 2.39. The third-order valence-electron chi connectivity index (χ3n) is 4.65. The Bertz CT molecular complexity index is 431. The van der Waals surface area contributed by atoms with Crippen LogP contribution < -0.4 is 0 Å². The van der Waals surface area contributed by atoms with Crippen LogP contribution in [0.15, 0.2) is 24.3 Å². The van der Waals surface area contributed by atoms with Gasteiger partial charge >= 0.3 is 5.97 Å². The zero-order valence-corrected chi connectivity index (χ0v) is 11.9. The highest BCUT2D eigenvalue weighted by atomic mass is 16.4. The highest BCUT2D eigenvalue weighted by Gasteiger charge is 2.31. The van der Waals surface area contributed by atoms with E-state index in [0.29, 0.717) is 12.3 Å². The van der Waals surface area contributed by atoms with Crippen LogP contribution in [0.4, 0.5) is 0 Å². The molecule has 0 saturated heterocycles. The van der Waals surface area contributed by atoms with E-state index in [1.54, 1.807) is 0 Å². The minimum atomic E-state index is -0.622. The highest BCUT2D eigenvalue weighted by Crippen LogP contribution is 2.35. The molecule has 0 aliphatic heterocycles. The number of aliphatic carboxylic acids is 1. The van der Waals surface area contributed by atoms with Gasteiger partial charge in [-0.1, -0.05) is 44.0 Å². The second kappa shape index (κ2) is 6.23. The lowest BCUT2D eigenvalue weighted by Crippen LogP contribution is -2.29. The Labute approximate surface area is 115 Å². The summed E-state index contributed by atoms with van der Waals surface area (Å²) in [5.41, 5.74) is 2.39. The molecule has 1 fully saturated rings. The van der Waals surface area contributed by atoms with E-state index in [-0.39, 0.29) is 5.92 Å². The summed E-state index contributed by atoms with van der Waals surface area (Å²) >= 11 is 0. The summed E-state index contributed by atoms with van der Waals surface area (Å²) in [5, 5.41) is 9.54. The number of aryl methyl sites for hydroxylation is 1. The summed E-state index contributed by atoms with van der Waals surface area (Å²) in [6, 6.07) is 8.15. The largest absolute Gasteiger partial charge is 0.481 e. The van der Waals surface area contributed by atoms with Crippen LogP contribution in [0.5, 0.6) is 0 Å². The highest BCUT2D eigenvalue weighted by molar-refractivity contribution is 5.71. The van der Waals surface area contributed by atoms with Gasteiger partial charge in [0.25, 0.3) is 0 Å². The third kappa shape index (κ3) is 3.59. The Morgan fingerprint density at radius 1 is 1.26 bits per heavy atom. The van der Waals surface area contributed by atoms with Crippen molar-refractivity contribution in [1.29, 1.82) is 0 Å². The molecule has 1 saturated carbocycles. The standard InChI is InChI=1S/C17H24O2/c1-12-7-9-14(10-8-12)16(17(18)19)11-15-6-4-3-5-13(15)2/h3-6,12,14,16H,7-11H2,1-2H3,(H,18,19). The molecule has 0 aromatic heterocycles. The Hall–Kier alpha value is -1.31. The maximum atomic E-state index is 11.6. The fourth-order valence-electron chi connectivity index (χ4n) is 3.22. The van der Waals surface area contributed by atoms with Crippen molar-refractivity contribution in [1.82, 2.24) is 0 Å². The van der Waals surface area contributed by atoms with Gasteiger partial charge in [0.2, 0.25) is 0 Å². The van der Waals surface area contributed by atoms with E-state index in [1.165, 1.54) is 24.0 Å². The molecule has 0 bridgehead atoms. The van der Waals surface area contributed by atoms with Crippen molar-refractivity contribution < 1.29 is 9.90 Å². The van der Waals surface area contributed by atoms with Gasteiger partial charge in [0.15, 0.2) is 0 Å². The van der Waals surface area contributed by atoms with Crippen LogP contribution in [0, 0.1) is 24.7 Å². The predicted molar refractivity (Wildman–Crippen MR) is 77.1 cm³/mol. The van der Waals surface area contributed by atoms with Crippen LogP contribution in [0.25, 0.3) is 0 Å². The van der Waals surface area contributed by atoms with Crippen LogP contribution >= 0.6 is 0 Å². The summed E-state index contributed by atoms with van der Waals surface area (Å²) in [5.74, 6) is 0.286. The number of benzene rings is 1. The van der Waals surface area contributed by atoms with E-state index in [4.69, 9.17) is 0 Å². The van der Waals surface area contributed by atoms with Crippen molar-refractivity contribution >= 4 is 5.97 Å². The first-order valence-corrected chi connectivity index (χ1v) is 7.35. The van der Waals surface area contributed by atoms with Gasteiger partial charge in [-0.2, -0.15) is 0 Å². The molecule has 2 heteroatoms. The maximum Gasteiger partial charge on any atom is 0.307 e. The van der Waals surface area contributed by atoms with E-state index < -0.39 is 5.97 Å². The monoisotopic (exact) mass is 260 g/mol. The van der Waals surface area contributed by atoms with E-state index in [9.17, 15) is 9.90 Å². The Morgan fingerprint density at radius 2 is 1.89 bits per heavy atom. The fourth-order valence-corrected chi connectivity index (χ4v) is 3.22. The lowest BCUT2D eigenvalue weighted by molar-refractivity contribution is -0.144. The Kier molecular flexibility index (Phi) is 4.62. The number of hydrogen-bond donors (Lipinski definition) is 1. The van der Waals surface area contributed by atoms with Gasteiger partial charge < -0.3 is 5.11 Å². The molecule has 1 atom stereocenters. The maximum absolute atomic E-state index is 11.6. The van der Waals surface area contributed by atoms with Gasteiger partial charge in [-0.05, 0) is 49.1 Å². The molecule has 0 radical (unpaired) electrons. The lowest BCUT2D eigenvalue weighted by Gasteiger charge is -2.30. The first kappa shape index (κ1) is 14.1. The number of rotatable bonds is 4. The topological polar surface area (TPSA) is 37.3 Å². The van der Waals surface area contributed by atoms with Crippen molar-refractivity contribution in [3.05, 3.63) is 35.4 Å². The van der Waals surface area contributed by atoms with Crippen LogP contribution in [0.1, 0.15) is 43.7 Å². The fraction of sp³-hybridized carbons (Fsp3) is 0.588. The molecule has 1 aromatic rings. The minimum Gasteiger partial charge on any atom is -0.481 e. The predicted octanol–water partition coefficient (Wildman–Crippen LogP) is 4.06. The molecule has 1 aliphatic carbocycles. The van der Waals surface area contributed by atoms with Gasteiger partial charge in [-0.15, -0.1) is 0 Å². The van der Waals surface area contributed by atoms with Crippen LogP contribution in [0.3, 0.4) is 0 Å². The summed E-state index contributed by atoms with van der Waals surface area (Å²) < 4.78 is 0. The second-order valence-electron chi connectivity index (χ2n) is 6.10. The van der Waals surface area contributed by atoms with Crippen molar-refractivity contribution in [2.75, 3.05) is 0 Å². The normalized spacial score (nSPS) is 24.9. The quantitative estimate of drug-likeness (QED) is 0.886. The molecule has 1 N–H and O–H groups in total. The zero-order chi connectivity index (χ0) is 13.8. The summed E-state index contributed by atoms with van der Waals surface area (Å²) in [6.45, 7) is 4.34. The van der Waals surface area contributed by atoms with Crippen LogP contribution in [0.2, 0.25) is 0 Å². The molecule has 2 nitrogen and oxygen atoms in total. The molecule has 1 aromatic carbocycles. The van der Waals surface area contributed by atoms with Crippen LogP contribution in [-0.4, -0.2) is 11.1 Å². The molecular formula is C17H24O2. The first-order valence-electron chi connectivity index (χ1n) is 7.35. The molecular weight excluding hydrogens is 236 g/mol. The SMILES string of the molecule is Cc1ccccc1CC(C(=O)O)C1CCC(C)CC1. The lowest BCUT2D eigenvalue weighted by atomic mass is 9.74. The Balaban J connectivity index is 2.09. The Morgan fingerprint density at radius 3 is 2.47 bits per heavy atom. The summed E-state index contributed by atoms with van der Waals surface area (Å²) in [7, 11) is 0. The molecule has 1 unspecified atom stereocenters. The zero-order valence-electron chi connectivity index (χ0n) is 11.9.